The summed E-state index contributed by atoms with van der Waals surface area (Å²) in [6.45, 7) is 2.37. The first-order valence-corrected chi connectivity index (χ1v) is 11.5. The lowest BCUT2D eigenvalue weighted by Gasteiger charge is -2.34. The maximum absolute atomic E-state index is 13.8. The molecular formula is C22H25FN2O4S. The topological polar surface area (TPSA) is 66.9 Å². The van der Waals surface area contributed by atoms with Gasteiger partial charge in [0, 0.05) is 24.8 Å². The zero-order valence-electron chi connectivity index (χ0n) is 17.0. The van der Waals surface area contributed by atoms with E-state index in [9.17, 15) is 17.6 Å². The Morgan fingerprint density at radius 2 is 1.97 bits per heavy atom. The van der Waals surface area contributed by atoms with E-state index < -0.39 is 21.8 Å². The van der Waals surface area contributed by atoms with Crippen LogP contribution in [-0.2, 0) is 21.2 Å². The minimum Gasteiger partial charge on any atom is -0.495 e. The molecule has 6 nitrogen and oxygen atoms in total. The molecule has 2 atom stereocenters. The van der Waals surface area contributed by atoms with Gasteiger partial charge in [0.15, 0.2) is 0 Å². The molecule has 0 N–H and O–H groups in total. The number of sulfonamides is 1. The fourth-order valence-electron chi connectivity index (χ4n) is 4.45. The van der Waals surface area contributed by atoms with Crippen molar-refractivity contribution in [3.63, 3.8) is 0 Å². The van der Waals surface area contributed by atoms with Gasteiger partial charge >= 0.3 is 0 Å². The van der Waals surface area contributed by atoms with E-state index in [-0.39, 0.29) is 35.7 Å². The van der Waals surface area contributed by atoms with Crippen LogP contribution in [0.1, 0.15) is 25.3 Å². The Morgan fingerprint density at radius 1 is 1.20 bits per heavy atom. The summed E-state index contributed by atoms with van der Waals surface area (Å²) in [6.07, 6.45) is 1.98. The summed E-state index contributed by atoms with van der Waals surface area (Å²) in [5, 5.41) is 0. The van der Waals surface area contributed by atoms with Crippen LogP contribution >= 0.6 is 0 Å². The van der Waals surface area contributed by atoms with Crippen LogP contribution < -0.4 is 9.64 Å². The summed E-state index contributed by atoms with van der Waals surface area (Å²) >= 11 is 0. The second kappa shape index (κ2) is 8.00. The lowest BCUT2D eigenvalue weighted by atomic mass is 9.97. The number of ether oxygens (including phenoxy) is 1. The summed E-state index contributed by atoms with van der Waals surface area (Å²) < 4.78 is 46.6. The van der Waals surface area contributed by atoms with E-state index in [0.717, 1.165) is 29.8 Å². The molecule has 30 heavy (non-hydrogen) atoms. The molecule has 4 rings (SSSR count). The number of piperidine rings is 1. The largest absolute Gasteiger partial charge is 0.495 e. The zero-order valence-corrected chi connectivity index (χ0v) is 17.9. The highest BCUT2D eigenvalue weighted by molar-refractivity contribution is 7.89. The molecule has 8 heteroatoms. The minimum absolute atomic E-state index is 0.0326. The summed E-state index contributed by atoms with van der Waals surface area (Å²) in [5.41, 5.74) is 2.03. The summed E-state index contributed by atoms with van der Waals surface area (Å²) in [6, 6.07) is 11.3. The number of halogens is 1. The number of methoxy groups -OCH3 is 1. The first-order chi connectivity index (χ1) is 14.3. The van der Waals surface area contributed by atoms with Crippen molar-refractivity contribution in [2.24, 2.45) is 5.92 Å². The zero-order chi connectivity index (χ0) is 21.5. The first-order valence-electron chi connectivity index (χ1n) is 10.1. The van der Waals surface area contributed by atoms with Crippen LogP contribution in [0.15, 0.2) is 47.4 Å². The molecule has 160 valence electrons. The van der Waals surface area contributed by atoms with Gasteiger partial charge in [0.2, 0.25) is 15.9 Å². The molecule has 2 aliphatic heterocycles. The van der Waals surface area contributed by atoms with Gasteiger partial charge in [-0.1, -0.05) is 18.2 Å². The number of benzene rings is 2. The molecule has 0 spiro atoms. The third kappa shape index (κ3) is 3.58. The molecule has 0 saturated carbocycles. The molecule has 1 fully saturated rings. The Hall–Kier alpha value is -2.45. The average molecular weight is 433 g/mol. The lowest BCUT2D eigenvalue weighted by Crippen LogP contribution is -2.48. The van der Waals surface area contributed by atoms with Crippen molar-refractivity contribution in [3.05, 3.63) is 53.8 Å². The predicted molar refractivity (Wildman–Crippen MR) is 112 cm³/mol. The Labute approximate surface area is 176 Å². The highest BCUT2D eigenvalue weighted by atomic mass is 32.2. The number of carbonyl (C=O) groups is 1. The Kier molecular flexibility index (Phi) is 5.55. The van der Waals surface area contributed by atoms with Crippen molar-refractivity contribution in [2.45, 2.75) is 37.1 Å². The molecular weight excluding hydrogens is 407 g/mol. The van der Waals surface area contributed by atoms with Crippen molar-refractivity contribution < 1.29 is 22.3 Å². The maximum atomic E-state index is 13.8. The number of para-hydroxylation sites is 1. The van der Waals surface area contributed by atoms with E-state index >= 15 is 0 Å². The molecule has 0 aromatic heterocycles. The highest BCUT2D eigenvalue weighted by Gasteiger charge is 2.39. The number of nitrogens with zero attached hydrogens (tertiary/aromatic N) is 2. The van der Waals surface area contributed by atoms with Gasteiger partial charge in [0.1, 0.15) is 16.5 Å². The standard InChI is InChI=1S/C22H25FN2O4S/c1-15-12-16-6-3-4-8-19(16)25(15)22(26)17-7-5-11-24(14-17)30(27,28)21-13-18(23)9-10-20(21)29-2/h3-4,6,8-10,13,15,17H,5,7,11-12,14H2,1-2H3/t15-,17+/m0/s1. The smallest absolute Gasteiger partial charge is 0.246 e. The second-order valence-electron chi connectivity index (χ2n) is 7.89. The number of hydrogen-bond donors (Lipinski definition) is 0. The Balaban J connectivity index is 1.60. The molecule has 0 radical (unpaired) electrons. The molecule has 0 aliphatic carbocycles. The van der Waals surface area contributed by atoms with Crippen LogP contribution in [0.5, 0.6) is 5.75 Å². The van der Waals surface area contributed by atoms with Crippen LogP contribution in [0.3, 0.4) is 0 Å². The van der Waals surface area contributed by atoms with Crippen molar-refractivity contribution in [3.8, 4) is 5.75 Å². The first kappa shape index (κ1) is 20.8. The number of amides is 1. The van der Waals surface area contributed by atoms with Crippen LogP contribution in [0.4, 0.5) is 10.1 Å². The third-order valence-corrected chi connectivity index (χ3v) is 7.81. The van der Waals surface area contributed by atoms with E-state index in [2.05, 4.69) is 0 Å². The van der Waals surface area contributed by atoms with Gasteiger partial charge in [-0.2, -0.15) is 4.31 Å². The van der Waals surface area contributed by atoms with Gasteiger partial charge in [0.05, 0.1) is 13.0 Å². The highest BCUT2D eigenvalue weighted by Crippen LogP contribution is 2.36. The Morgan fingerprint density at radius 3 is 2.73 bits per heavy atom. The molecule has 2 aromatic carbocycles. The number of anilines is 1. The quantitative estimate of drug-likeness (QED) is 0.744. The van der Waals surface area contributed by atoms with Crippen molar-refractivity contribution in [2.75, 3.05) is 25.1 Å². The molecule has 1 amide bonds. The predicted octanol–water partition coefficient (Wildman–Crippen LogP) is 3.21. The number of fused-ring (bicyclic) bond motifs is 1. The molecule has 0 bridgehead atoms. The van der Waals surface area contributed by atoms with Gasteiger partial charge in [-0.05, 0) is 56.0 Å². The van der Waals surface area contributed by atoms with E-state index in [1.165, 1.54) is 17.5 Å². The molecule has 0 unspecified atom stereocenters. The van der Waals surface area contributed by atoms with Gasteiger partial charge in [-0.25, -0.2) is 12.8 Å². The fourth-order valence-corrected chi connectivity index (χ4v) is 6.14. The van der Waals surface area contributed by atoms with Crippen molar-refractivity contribution in [1.82, 2.24) is 4.31 Å². The van der Waals surface area contributed by atoms with Crippen LogP contribution in [0.2, 0.25) is 0 Å². The van der Waals surface area contributed by atoms with Crippen LogP contribution in [0, 0.1) is 11.7 Å². The van der Waals surface area contributed by atoms with E-state index in [1.807, 2.05) is 31.2 Å². The second-order valence-corrected chi connectivity index (χ2v) is 9.79. The van der Waals surface area contributed by atoms with Gasteiger partial charge < -0.3 is 9.64 Å². The van der Waals surface area contributed by atoms with Crippen molar-refractivity contribution >= 4 is 21.6 Å². The number of hydrogen-bond acceptors (Lipinski definition) is 4. The Bertz CT molecular complexity index is 1070. The SMILES string of the molecule is COc1ccc(F)cc1S(=O)(=O)N1CCC[C@@H](C(=O)N2c3ccccc3C[C@@H]2C)C1. The van der Waals surface area contributed by atoms with E-state index in [4.69, 9.17) is 4.74 Å². The van der Waals surface area contributed by atoms with Gasteiger partial charge in [-0.15, -0.1) is 0 Å². The van der Waals surface area contributed by atoms with E-state index in [0.29, 0.717) is 12.8 Å². The van der Waals surface area contributed by atoms with Gasteiger partial charge in [-0.3, -0.25) is 4.79 Å². The third-order valence-electron chi connectivity index (χ3n) is 5.92. The minimum atomic E-state index is -3.99. The summed E-state index contributed by atoms with van der Waals surface area (Å²) in [5.74, 6) is -1.06. The summed E-state index contributed by atoms with van der Waals surface area (Å²) in [4.78, 5) is 15.0. The van der Waals surface area contributed by atoms with Crippen LogP contribution in [-0.4, -0.2) is 44.9 Å². The normalized spacial score (nSPS) is 22.0. The van der Waals surface area contributed by atoms with Gasteiger partial charge in [0.25, 0.3) is 0 Å². The number of carbonyl (C=O) groups excluding carboxylic acids is 1. The molecule has 2 aromatic rings. The average Bonchev–Trinajstić information content (AvgIpc) is 3.09. The van der Waals surface area contributed by atoms with Crippen LogP contribution in [0.25, 0.3) is 0 Å². The molecule has 1 saturated heterocycles. The van der Waals surface area contributed by atoms with Crippen molar-refractivity contribution in [1.29, 1.82) is 0 Å². The molecule has 2 heterocycles. The maximum Gasteiger partial charge on any atom is 0.246 e. The molecule has 2 aliphatic rings. The monoisotopic (exact) mass is 432 g/mol. The fraction of sp³-hybridized carbons (Fsp3) is 0.409. The summed E-state index contributed by atoms with van der Waals surface area (Å²) in [7, 11) is -2.65. The number of rotatable bonds is 4. The van der Waals surface area contributed by atoms with E-state index in [1.54, 1.807) is 4.90 Å². The lowest BCUT2D eigenvalue weighted by molar-refractivity contribution is -0.123.